The van der Waals surface area contributed by atoms with E-state index in [9.17, 15) is 4.79 Å². The molecule has 0 aromatic carbocycles. The number of rotatable bonds is 4. The molecule has 1 amide bonds. The summed E-state index contributed by atoms with van der Waals surface area (Å²) in [4.78, 5) is 14.5. The molecule has 1 aromatic rings. The van der Waals surface area contributed by atoms with Gasteiger partial charge in [-0.1, -0.05) is 0 Å². The molecular formula is C16H28N6O. The lowest BCUT2D eigenvalue weighted by Crippen LogP contribution is -2.41. The van der Waals surface area contributed by atoms with Crippen LogP contribution in [0.5, 0.6) is 0 Å². The molecule has 2 fully saturated rings. The molecule has 23 heavy (non-hydrogen) atoms. The van der Waals surface area contributed by atoms with Gasteiger partial charge in [-0.3, -0.25) is 4.79 Å². The minimum absolute atomic E-state index is 0.0616. The van der Waals surface area contributed by atoms with E-state index in [4.69, 9.17) is 0 Å². The number of carbonyl (C=O) groups is 1. The van der Waals surface area contributed by atoms with Crippen molar-refractivity contribution >= 4 is 5.91 Å². The number of nitrogens with one attached hydrogen (secondary N) is 2. The molecular weight excluding hydrogens is 292 g/mol. The smallest absolute Gasteiger partial charge is 0.239 e. The molecule has 1 spiro atoms. The number of piperidine rings is 1. The standard InChI is InChI=1S/C16H28N6O/c1-12(2)22-11-19-20-14(22)9-21(3)15(23)13-8-16(10-18-13)4-6-17-7-5-16/h11-13,17-18H,4-10H2,1-3H3. The summed E-state index contributed by atoms with van der Waals surface area (Å²) in [6.45, 7) is 7.78. The molecule has 2 aliphatic rings. The summed E-state index contributed by atoms with van der Waals surface area (Å²) in [5, 5.41) is 15.0. The highest BCUT2D eigenvalue weighted by Gasteiger charge is 2.42. The Labute approximate surface area is 137 Å². The molecule has 3 heterocycles. The van der Waals surface area contributed by atoms with Crippen molar-refractivity contribution in [3.05, 3.63) is 12.2 Å². The van der Waals surface area contributed by atoms with Crippen molar-refractivity contribution in [3.63, 3.8) is 0 Å². The van der Waals surface area contributed by atoms with Crippen LogP contribution in [0.15, 0.2) is 6.33 Å². The van der Waals surface area contributed by atoms with Gasteiger partial charge >= 0.3 is 0 Å². The summed E-state index contributed by atoms with van der Waals surface area (Å²) in [5.41, 5.74) is 0.310. The number of carbonyl (C=O) groups excluding carboxylic acids is 1. The van der Waals surface area contributed by atoms with Crippen LogP contribution in [0.1, 0.15) is 45.0 Å². The number of likely N-dealkylation sites (N-methyl/N-ethyl adjacent to an activating group) is 1. The maximum absolute atomic E-state index is 12.8. The van der Waals surface area contributed by atoms with Crippen LogP contribution in [0, 0.1) is 5.41 Å². The van der Waals surface area contributed by atoms with Crippen LogP contribution in [0.25, 0.3) is 0 Å². The second-order valence-electron chi connectivity index (χ2n) is 7.33. The molecule has 7 heteroatoms. The fraction of sp³-hybridized carbons (Fsp3) is 0.812. The average Bonchev–Trinajstić information content (AvgIpc) is 3.15. The highest BCUT2D eigenvalue weighted by atomic mass is 16.2. The molecule has 2 N–H and O–H groups in total. The third-order valence-electron chi connectivity index (χ3n) is 5.28. The van der Waals surface area contributed by atoms with Crippen molar-refractivity contribution in [2.24, 2.45) is 5.41 Å². The minimum Gasteiger partial charge on any atom is -0.337 e. The molecule has 128 valence electrons. The first-order valence-electron chi connectivity index (χ1n) is 8.58. The Morgan fingerprint density at radius 3 is 2.91 bits per heavy atom. The van der Waals surface area contributed by atoms with Crippen LogP contribution >= 0.6 is 0 Å². The molecule has 2 saturated heterocycles. The van der Waals surface area contributed by atoms with E-state index in [1.807, 2.05) is 11.6 Å². The molecule has 0 saturated carbocycles. The molecule has 1 unspecified atom stereocenters. The largest absolute Gasteiger partial charge is 0.337 e. The van der Waals surface area contributed by atoms with Gasteiger partial charge in [-0.25, -0.2) is 0 Å². The van der Waals surface area contributed by atoms with E-state index < -0.39 is 0 Å². The highest BCUT2D eigenvalue weighted by molar-refractivity contribution is 5.82. The zero-order valence-electron chi connectivity index (χ0n) is 14.4. The van der Waals surface area contributed by atoms with E-state index in [1.54, 1.807) is 11.2 Å². The van der Waals surface area contributed by atoms with Crippen molar-refractivity contribution in [2.45, 2.75) is 51.7 Å². The van der Waals surface area contributed by atoms with Crippen molar-refractivity contribution in [1.29, 1.82) is 0 Å². The van der Waals surface area contributed by atoms with Crippen molar-refractivity contribution in [2.75, 3.05) is 26.7 Å². The van der Waals surface area contributed by atoms with Gasteiger partial charge in [-0.15, -0.1) is 10.2 Å². The fourth-order valence-corrected chi connectivity index (χ4v) is 3.80. The number of aromatic nitrogens is 3. The minimum atomic E-state index is -0.0616. The zero-order valence-corrected chi connectivity index (χ0v) is 14.4. The highest BCUT2D eigenvalue weighted by Crippen LogP contribution is 2.37. The number of nitrogens with zero attached hydrogens (tertiary/aromatic N) is 4. The Morgan fingerprint density at radius 1 is 1.48 bits per heavy atom. The Kier molecular flexibility index (Phi) is 4.68. The van der Waals surface area contributed by atoms with E-state index in [0.29, 0.717) is 18.0 Å². The summed E-state index contributed by atoms with van der Waals surface area (Å²) in [5.74, 6) is 1.00. The van der Waals surface area contributed by atoms with Crippen molar-refractivity contribution < 1.29 is 4.79 Å². The van der Waals surface area contributed by atoms with Gasteiger partial charge in [0.1, 0.15) is 6.33 Å². The summed E-state index contributed by atoms with van der Waals surface area (Å²) < 4.78 is 2.01. The number of hydrogen-bond donors (Lipinski definition) is 2. The Balaban J connectivity index is 1.60. The Hall–Kier alpha value is -1.47. The van der Waals surface area contributed by atoms with Gasteiger partial charge in [0.15, 0.2) is 5.82 Å². The first-order chi connectivity index (χ1) is 11.0. The summed E-state index contributed by atoms with van der Waals surface area (Å²) in [6.07, 6.45) is 5.01. The van der Waals surface area contributed by atoms with Crippen LogP contribution in [-0.4, -0.2) is 58.3 Å². The van der Waals surface area contributed by atoms with E-state index >= 15 is 0 Å². The predicted molar refractivity (Wildman–Crippen MR) is 87.8 cm³/mol. The van der Waals surface area contributed by atoms with Crippen LogP contribution in [0.3, 0.4) is 0 Å². The third-order valence-corrected chi connectivity index (χ3v) is 5.28. The van der Waals surface area contributed by atoms with Gasteiger partial charge in [-0.05, 0) is 51.6 Å². The third kappa shape index (κ3) is 3.40. The van der Waals surface area contributed by atoms with E-state index in [1.165, 1.54) is 0 Å². The van der Waals surface area contributed by atoms with Crippen molar-refractivity contribution in [3.8, 4) is 0 Å². The van der Waals surface area contributed by atoms with Gasteiger partial charge in [0.25, 0.3) is 0 Å². The average molecular weight is 320 g/mol. The van der Waals surface area contributed by atoms with Gasteiger partial charge in [0.2, 0.25) is 5.91 Å². The van der Waals surface area contributed by atoms with Gasteiger partial charge in [0, 0.05) is 19.6 Å². The second-order valence-corrected chi connectivity index (χ2v) is 7.33. The van der Waals surface area contributed by atoms with Gasteiger partial charge < -0.3 is 20.1 Å². The quantitative estimate of drug-likeness (QED) is 0.847. The summed E-state index contributed by atoms with van der Waals surface area (Å²) in [6, 6.07) is 0.236. The lowest BCUT2D eigenvalue weighted by molar-refractivity contribution is -0.132. The fourth-order valence-electron chi connectivity index (χ4n) is 3.80. The van der Waals surface area contributed by atoms with E-state index in [2.05, 4.69) is 34.7 Å². The van der Waals surface area contributed by atoms with Crippen LogP contribution < -0.4 is 10.6 Å². The monoisotopic (exact) mass is 320 g/mol. The van der Waals surface area contributed by atoms with Crippen LogP contribution in [-0.2, 0) is 11.3 Å². The second kappa shape index (κ2) is 6.57. The Morgan fingerprint density at radius 2 is 2.22 bits per heavy atom. The first kappa shape index (κ1) is 16.4. The maximum atomic E-state index is 12.8. The van der Waals surface area contributed by atoms with Crippen LogP contribution in [0.4, 0.5) is 0 Å². The summed E-state index contributed by atoms with van der Waals surface area (Å²) >= 11 is 0. The molecule has 7 nitrogen and oxygen atoms in total. The first-order valence-corrected chi connectivity index (χ1v) is 8.58. The molecule has 2 aliphatic heterocycles. The van der Waals surface area contributed by atoms with E-state index in [0.717, 1.165) is 44.7 Å². The predicted octanol–water partition coefficient (Wildman–Crippen LogP) is 0.549. The maximum Gasteiger partial charge on any atom is 0.239 e. The van der Waals surface area contributed by atoms with Gasteiger partial charge in [-0.2, -0.15) is 0 Å². The van der Waals surface area contributed by atoms with Gasteiger partial charge in [0.05, 0.1) is 12.6 Å². The lowest BCUT2D eigenvalue weighted by Gasteiger charge is -2.33. The Bertz CT molecular complexity index is 549. The zero-order chi connectivity index (χ0) is 16.4. The normalized spacial score (nSPS) is 23.6. The lowest BCUT2D eigenvalue weighted by atomic mass is 9.77. The number of amides is 1. The van der Waals surface area contributed by atoms with Crippen LogP contribution in [0.2, 0.25) is 0 Å². The molecule has 3 rings (SSSR count). The topological polar surface area (TPSA) is 75.1 Å². The summed E-state index contributed by atoms with van der Waals surface area (Å²) in [7, 11) is 1.86. The van der Waals surface area contributed by atoms with E-state index in [-0.39, 0.29) is 11.9 Å². The molecule has 1 atom stereocenters. The number of hydrogen-bond acceptors (Lipinski definition) is 5. The molecule has 1 aromatic heterocycles. The van der Waals surface area contributed by atoms with Crippen molar-refractivity contribution in [1.82, 2.24) is 30.3 Å². The molecule has 0 bridgehead atoms. The molecule has 0 radical (unpaired) electrons. The molecule has 0 aliphatic carbocycles. The SMILES string of the molecule is CC(C)n1cnnc1CN(C)C(=O)C1CC2(CCNCC2)CN1.